The quantitative estimate of drug-likeness (QED) is 0.619. The summed E-state index contributed by atoms with van der Waals surface area (Å²) in [5.74, 6) is 0.555. The number of nitrogens with two attached hydrogens (primary N) is 2. The van der Waals surface area contributed by atoms with Gasteiger partial charge in [-0.3, -0.25) is 9.69 Å². The molecule has 0 aromatic carbocycles. The zero-order chi connectivity index (χ0) is 11.5. The van der Waals surface area contributed by atoms with Crippen LogP contribution in [-0.4, -0.2) is 61.0 Å². The van der Waals surface area contributed by atoms with Crippen LogP contribution in [0.3, 0.4) is 0 Å². The van der Waals surface area contributed by atoms with Gasteiger partial charge in [0.05, 0.1) is 6.04 Å². The van der Waals surface area contributed by atoms with Crippen molar-refractivity contribution in [1.82, 2.24) is 9.80 Å². The predicted molar refractivity (Wildman–Crippen MR) is 62.8 cm³/mol. The van der Waals surface area contributed by atoms with Gasteiger partial charge < -0.3 is 16.4 Å². The summed E-state index contributed by atoms with van der Waals surface area (Å²) in [7, 11) is 0. The van der Waals surface area contributed by atoms with E-state index >= 15 is 0 Å². The summed E-state index contributed by atoms with van der Waals surface area (Å²) in [6, 6.07) is -0.519. The molecule has 1 atom stereocenters. The van der Waals surface area contributed by atoms with Crippen LogP contribution < -0.4 is 11.5 Å². The molecule has 2 rings (SSSR count). The number of carbonyl (C=O) groups excluding carboxylic acids is 1. The van der Waals surface area contributed by atoms with E-state index in [0.717, 1.165) is 32.1 Å². The van der Waals surface area contributed by atoms with Gasteiger partial charge in [0.15, 0.2) is 0 Å². The number of piperazine rings is 1. The van der Waals surface area contributed by atoms with Crippen molar-refractivity contribution in [2.24, 2.45) is 17.4 Å². The van der Waals surface area contributed by atoms with Gasteiger partial charge in [-0.2, -0.15) is 0 Å². The van der Waals surface area contributed by atoms with Gasteiger partial charge in [-0.1, -0.05) is 0 Å². The number of nitrogens with zero attached hydrogens (tertiary/aromatic N) is 2. The van der Waals surface area contributed by atoms with Crippen LogP contribution in [0.4, 0.5) is 0 Å². The predicted octanol–water partition coefficient (Wildman–Crippen LogP) is -1.17. The molecular formula is C11H22N4O. The van der Waals surface area contributed by atoms with Gasteiger partial charge in [0, 0.05) is 39.3 Å². The summed E-state index contributed by atoms with van der Waals surface area (Å²) < 4.78 is 0. The van der Waals surface area contributed by atoms with Crippen LogP contribution in [0, 0.1) is 5.92 Å². The molecule has 0 radical (unpaired) electrons. The first-order valence-electron chi connectivity index (χ1n) is 6.15. The lowest BCUT2D eigenvalue weighted by molar-refractivity contribution is -0.119. The average Bonchev–Trinajstić information content (AvgIpc) is 3.04. The fourth-order valence-corrected chi connectivity index (χ4v) is 2.19. The Hall–Kier alpha value is -0.650. The van der Waals surface area contributed by atoms with E-state index in [0.29, 0.717) is 6.54 Å². The Kier molecular flexibility index (Phi) is 3.78. The monoisotopic (exact) mass is 226 g/mol. The normalized spacial score (nSPS) is 25.6. The molecule has 5 nitrogen and oxygen atoms in total. The molecule has 0 bridgehead atoms. The van der Waals surface area contributed by atoms with E-state index < -0.39 is 11.9 Å². The van der Waals surface area contributed by atoms with Gasteiger partial charge >= 0.3 is 0 Å². The summed E-state index contributed by atoms with van der Waals surface area (Å²) in [6.45, 7) is 6.08. The van der Waals surface area contributed by atoms with Crippen LogP contribution in [-0.2, 0) is 4.79 Å². The summed E-state index contributed by atoms with van der Waals surface area (Å²) >= 11 is 0. The first kappa shape index (κ1) is 11.8. The number of rotatable bonds is 5. The number of carbonyl (C=O) groups is 1. The minimum absolute atomic E-state index is 0.402. The topological polar surface area (TPSA) is 75.6 Å². The highest BCUT2D eigenvalue weighted by atomic mass is 16.1. The first-order valence-corrected chi connectivity index (χ1v) is 6.15. The Morgan fingerprint density at radius 2 is 1.75 bits per heavy atom. The maximum atomic E-state index is 10.9. The lowest BCUT2D eigenvalue weighted by atomic mass is 10.2. The largest absolute Gasteiger partial charge is 0.368 e. The van der Waals surface area contributed by atoms with Crippen molar-refractivity contribution in [3.63, 3.8) is 0 Å². The molecule has 1 aliphatic heterocycles. The smallest absolute Gasteiger partial charge is 0.235 e. The molecule has 0 aromatic rings. The van der Waals surface area contributed by atoms with Crippen molar-refractivity contribution < 1.29 is 4.79 Å². The number of primary amides is 1. The standard InChI is InChI=1S/C11H22N4O/c12-10(11(13)16)8-15-5-3-14(4-6-15)7-9-1-2-9/h9-10H,1-8,12H2,(H2,13,16). The van der Waals surface area contributed by atoms with Crippen molar-refractivity contribution in [1.29, 1.82) is 0 Å². The molecule has 1 aliphatic carbocycles. The summed E-state index contributed by atoms with van der Waals surface area (Å²) in [6.07, 6.45) is 2.82. The second kappa shape index (κ2) is 5.12. The molecule has 1 amide bonds. The van der Waals surface area contributed by atoms with Crippen molar-refractivity contribution >= 4 is 5.91 Å². The van der Waals surface area contributed by atoms with E-state index in [4.69, 9.17) is 11.5 Å². The minimum atomic E-state index is -0.519. The van der Waals surface area contributed by atoms with Crippen molar-refractivity contribution in [3.8, 4) is 0 Å². The molecular weight excluding hydrogens is 204 g/mol. The zero-order valence-electron chi connectivity index (χ0n) is 9.77. The Labute approximate surface area is 96.7 Å². The van der Waals surface area contributed by atoms with E-state index in [-0.39, 0.29) is 0 Å². The molecule has 92 valence electrons. The highest BCUT2D eigenvalue weighted by molar-refractivity contribution is 5.79. The van der Waals surface area contributed by atoms with Crippen molar-refractivity contribution in [3.05, 3.63) is 0 Å². The summed E-state index contributed by atoms with van der Waals surface area (Å²) in [5, 5.41) is 0. The number of hydrogen-bond acceptors (Lipinski definition) is 4. The fourth-order valence-electron chi connectivity index (χ4n) is 2.19. The second-order valence-corrected chi connectivity index (χ2v) is 5.05. The van der Waals surface area contributed by atoms with Crippen LogP contribution >= 0.6 is 0 Å². The van der Waals surface area contributed by atoms with Gasteiger partial charge in [-0.15, -0.1) is 0 Å². The van der Waals surface area contributed by atoms with Crippen LogP contribution in [0.1, 0.15) is 12.8 Å². The van der Waals surface area contributed by atoms with Gasteiger partial charge in [-0.25, -0.2) is 0 Å². The van der Waals surface area contributed by atoms with E-state index in [1.807, 2.05) is 0 Å². The lowest BCUT2D eigenvalue weighted by Gasteiger charge is -2.35. The van der Waals surface area contributed by atoms with Gasteiger partial charge in [0.25, 0.3) is 0 Å². The third-order valence-electron chi connectivity index (χ3n) is 3.50. The number of hydrogen-bond donors (Lipinski definition) is 2. The van der Waals surface area contributed by atoms with Crippen molar-refractivity contribution in [2.45, 2.75) is 18.9 Å². The van der Waals surface area contributed by atoms with Crippen LogP contribution in [0.25, 0.3) is 0 Å². The molecule has 4 N–H and O–H groups in total. The molecule has 1 heterocycles. The maximum Gasteiger partial charge on any atom is 0.235 e. The molecule has 0 aromatic heterocycles. The Bertz CT molecular complexity index is 246. The Balaban J connectivity index is 1.65. The fraction of sp³-hybridized carbons (Fsp3) is 0.909. The Morgan fingerprint density at radius 3 is 2.25 bits per heavy atom. The summed E-state index contributed by atoms with van der Waals surface area (Å²) in [5.41, 5.74) is 10.8. The van der Waals surface area contributed by atoms with E-state index in [1.54, 1.807) is 0 Å². The second-order valence-electron chi connectivity index (χ2n) is 5.05. The minimum Gasteiger partial charge on any atom is -0.368 e. The summed E-state index contributed by atoms with van der Waals surface area (Å²) in [4.78, 5) is 15.6. The van der Waals surface area contributed by atoms with Crippen molar-refractivity contribution in [2.75, 3.05) is 39.3 Å². The highest BCUT2D eigenvalue weighted by Crippen LogP contribution is 2.29. The van der Waals surface area contributed by atoms with E-state index in [9.17, 15) is 4.79 Å². The Morgan fingerprint density at radius 1 is 1.19 bits per heavy atom. The third kappa shape index (κ3) is 3.43. The third-order valence-corrected chi connectivity index (χ3v) is 3.50. The molecule has 2 fully saturated rings. The maximum absolute atomic E-state index is 10.9. The SMILES string of the molecule is NC(=O)C(N)CN1CCN(CC2CC2)CC1. The molecule has 1 unspecified atom stereocenters. The number of amides is 1. The molecule has 2 aliphatic rings. The van der Waals surface area contributed by atoms with Crippen LogP contribution in [0.5, 0.6) is 0 Å². The van der Waals surface area contributed by atoms with E-state index in [2.05, 4.69) is 9.80 Å². The zero-order valence-corrected chi connectivity index (χ0v) is 9.77. The first-order chi connectivity index (χ1) is 7.65. The van der Waals surface area contributed by atoms with E-state index in [1.165, 1.54) is 19.4 Å². The van der Waals surface area contributed by atoms with Crippen LogP contribution in [0.2, 0.25) is 0 Å². The van der Waals surface area contributed by atoms with Crippen LogP contribution in [0.15, 0.2) is 0 Å². The van der Waals surface area contributed by atoms with Gasteiger partial charge in [0.1, 0.15) is 0 Å². The highest BCUT2D eigenvalue weighted by Gasteiger charge is 2.27. The molecule has 5 heteroatoms. The molecule has 0 spiro atoms. The average molecular weight is 226 g/mol. The molecule has 1 saturated heterocycles. The molecule has 1 saturated carbocycles. The van der Waals surface area contributed by atoms with Gasteiger partial charge in [-0.05, 0) is 18.8 Å². The van der Waals surface area contributed by atoms with Gasteiger partial charge in [0.2, 0.25) is 5.91 Å². The molecule has 16 heavy (non-hydrogen) atoms. The lowest BCUT2D eigenvalue weighted by Crippen LogP contribution is -2.52.